The SMILES string of the molecule is Cc1ccccc1-c1nccc2ccccc12. The fourth-order valence-electron chi connectivity index (χ4n) is 2.17. The minimum atomic E-state index is 1.07. The predicted octanol–water partition coefficient (Wildman–Crippen LogP) is 4.21. The molecule has 1 heterocycles. The highest BCUT2D eigenvalue weighted by atomic mass is 14.7. The highest BCUT2D eigenvalue weighted by Crippen LogP contribution is 2.28. The molecule has 1 nitrogen and oxygen atoms in total. The van der Waals surface area contributed by atoms with Gasteiger partial charge >= 0.3 is 0 Å². The van der Waals surface area contributed by atoms with Gasteiger partial charge in [0.2, 0.25) is 0 Å². The van der Waals surface area contributed by atoms with E-state index in [9.17, 15) is 0 Å². The van der Waals surface area contributed by atoms with Crippen LogP contribution in [0.5, 0.6) is 0 Å². The lowest BCUT2D eigenvalue weighted by Gasteiger charge is -2.08. The Hall–Kier alpha value is -2.15. The van der Waals surface area contributed by atoms with E-state index in [1.54, 1.807) is 0 Å². The van der Waals surface area contributed by atoms with Gasteiger partial charge in [-0.1, -0.05) is 48.5 Å². The molecule has 0 bridgehead atoms. The van der Waals surface area contributed by atoms with Crippen molar-refractivity contribution in [3.63, 3.8) is 0 Å². The summed E-state index contributed by atoms with van der Waals surface area (Å²) in [5, 5.41) is 2.45. The van der Waals surface area contributed by atoms with Gasteiger partial charge in [-0.2, -0.15) is 0 Å². The van der Waals surface area contributed by atoms with Crippen molar-refractivity contribution in [1.29, 1.82) is 0 Å². The Kier molecular flexibility index (Phi) is 2.37. The van der Waals surface area contributed by atoms with E-state index in [2.05, 4.69) is 66.5 Å². The number of pyridine rings is 1. The Bertz CT molecular complexity index is 666. The van der Waals surface area contributed by atoms with Gasteiger partial charge in [0, 0.05) is 17.1 Å². The van der Waals surface area contributed by atoms with Gasteiger partial charge in [0.15, 0.2) is 0 Å². The highest BCUT2D eigenvalue weighted by molar-refractivity contribution is 5.94. The first-order valence-corrected chi connectivity index (χ1v) is 5.76. The van der Waals surface area contributed by atoms with Crippen LogP contribution in [0.1, 0.15) is 5.56 Å². The molecule has 0 spiro atoms. The monoisotopic (exact) mass is 219 g/mol. The van der Waals surface area contributed by atoms with Crippen LogP contribution in [0, 0.1) is 6.92 Å². The summed E-state index contributed by atoms with van der Waals surface area (Å²) in [6.45, 7) is 2.12. The second-order valence-electron chi connectivity index (χ2n) is 4.20. The van der Waals surface area contributed by atoms with Gasteiger partial charge in [-0.25, -0.2) is 0 Å². The first-order valence-electron chi connectivity index (χ1n) is 5.76. The summed E-state index contributed by atoms with van der Waals surface area (Å²) >= 11 is 0. The Labute approximate surface area is 101 Å². The van der Waals surface area contributed by atoms with Crippen LogP contribution in [0.4, 0.5) is 0 Å². The van der Waals surface area contributed by atoms with Crippen LogP contribution in [0.3, 0.4) is 0 Å². The molecule has 2 aromatic carbocycles. The van der Waals surface area contributed by atoms with Gasteiger partial charge in [0.05, 0.1) is 5.69 Å². The summed E-state index contributed by atoms with van der Waals surface area (Å²) in [7, 11) is 0. The van der Waals surface area contributed by atoms with Gasteiger partial charge in [0.25, 0.3) is 0 Å². The molecule has 0 radical (unpaired) electrons. The molecule has 17 heavy (non-hydrogen) atoms. The van der Waals surface area contributed by atoms with Crippen molar-refractivity contribution in [2.75, 3.05) is 0 Å². The summed E-state index contributed by atoms with van der Waals surface area (Å²) in [6.07, 6.45) is 1.88. The fourth-order valence-corrected chi connectivity index (χ4v) is 2.17. The molecule has 3 aromatic rings. The third-order valence-corrected chi connectivity index (χ3v) is 3.07. The minimum absolute atomic E-state index is 1.07. The number of hydrogen-bond donors (Lipinski definition) is 0. The topological polar surface area (TPSA) is 12.9 Å². The van der Waals surface area contributed by atoms with E-state index < -0.39 is 0 Å². The first kappa shape index (κ1) is 10.0. The average Bonchev–Trinajstić information content (AvgIpc) is 2.39. The molecule has 3 rings (SSSR count). The van der Waals surface area contributed by atoms with Crippen LogP contribution >= 0.6 is 0 Å². The maximum absolute atomic E-state index is 4.54. The number of fused-ring (bicyclic) bond motifs is 1. The lowest BCUT2D eigenvalue weighted by atomic mass is 10.0. The normalized spacial score (nSPS) is 10.6. The molecule has 0 amide bonds. The molecule has 0 saturated carbocycles. The number of benzene rings is 2. The summed E-state index contributed by atoms with van der Waals surface area (Å²) in [4.78, 5) is 4.54. The van der Waals surface area contributed by atoms with Gasteiger partial charge < -0.3 is 0 Å². The molecular weight excluding hydrogens is 206 g/mol. The molecule has 82 valence electrons. The van der Waals surface area contributed by atoms with Crippen LogP contribution in [0.15, 0.2) is 60.8 Å². The van der Waals surface area contributed by atoms with Crippen LogP contribution in [0.25, 0.3) is 22.0 Å². The molecule has 0 fully saturated rings. The fraction of sp³-hybridized carbons (Fsp3) is 0.0625. The Balaban J connectivity index is 2.35. The quantitative estimate of drug-likeness (QED) is 0.597. The van der Waals surface area contributed by atoms with Crippen molar-refractivity contribution in [2.24, 2.45) is 0 Å². The van der Waals surface area contributed by atoms with E-state index in [-0.39, 0.29) is 0 Å². The summed E-state index contributed by atoms with van der Waals surface area (Å²) in [5.74, 6) is 0. The molecule has 0 unspecified atom stereocenters. The van der Waals surface area contributed by atoms with Crippen molar-refractivity contribution in [3.8, 4) is 11.3 Å². The van der Waals surface area contributed by atoms with Gasteiger partial charge in [0.1, 0.15) is 0 Å². The van der Waals surface area contributed by atoms with Crippen molar-refractivity contribution in [3.05, 3.63) is 66.4 Å². The standard InChI is InChI=1S/C16H13N/c1-12-6-2-4-8-14(12)16-15-9-5-3-7-13(15)10-11-17-16/h2-11H,1H3. The first-order chi connectivity index (χ1) is 8.36. The molecule has 1 heteroatoms. The van der Waals surface area contributed by atoms with Gasteiger partial charge in [-0.3, -0.25) is 4.98 Å². The molecule has 0 aliphatic rings. The smallest absolute Gasteiger partial charge is 0.0782 e. The maximum atomic E-state index is 4.54. The van der Waals surface area contributed by atoms with E-state index in [1.807, 2.05) is 6.20 Å². The number of aromatic nitrogens is 1. The molecular formula is C16H13N. The van der Waals surface area contributed by atoms with Crippen molar-refractivity contribution in [1.82, 2.24) is 4.98 Å². The minimum Gasteiger partial charge on any atom is -0.256 e. The largest absolute Gasteiger partial charge is 0.256 e. The van der Waals surface area contributed by atoms with Crippen molar-refractivity contribution < 1.29 is 0 Å². The van der Waals surface area contributed by atoms with E-state index in [4.69, 9.17) is 0 Å². The average molecular weight is 219 g/mol. The predicted molar refractivity (Wildman–Crippen MR) is 71.9 cm³/mol. The summed E-state index contributed by atoms with van der Waals surface area (Å²) in [5.41, 5.74) is 3.54. The van der Waals surface area contributed by atoms with Crippen LogP contribution in [-0.2, 0) is 0 Å². The number of nitrogens with zero attached hydrogens (tertiary/aromatic N) is 1. The third kappa shape index (κ3) is 1.70. The number of rotatable bonds is 1. The number of hydrogen-bond acceptors (Lipinski definition) is 1. The van der Waals surface area contributed by atoms with Crippen LogP contribution in [0.2, 0.25) is 0 Å². The Morgan fingerprint density at radius 1 is 0.824 bits per heavy atom. The zero-order valence-corrected chi connectivity index (χ0v) is 9.72. The molecule has 0 aliphatic carbocycles. The lowest BCUT2D eigenvalue weighted by Crippen LogP contribution is -1.88. The van der Waals surface area contributed by atoms with E-state index in [0.717, 1.165) is 5.69 Å². The summed E-state index contributed by atoms with van der Waals surface area (Å²) in [6, 6.07) is 18.8. The highest BCUT2D eigenvalue weighted by Gasteiger charge is 2.06. The lowest BCUT2D eigenvalue weighted by molar-refractivity contribution is 1.33. The van der Waals surface area contributed by atoms with E-state index in [0.29, 0.717) is 0 Å². The van der Waals surface area contributed by atoms with Crippen LogP contribution < -0.4 is 0 Å². The number of aryl methyl sites for hydroxylation is 1. The summed E-state index contributed by atoms with van der Waals surface area (Å²) < 4.78 is 0. The van der Waals surface area contributed by atoms with E-state index >= 15 is 0 Å². The molecule has 0 aliphatic heterocycles. The van der Waals surface area contributed by atoms with Gasteiger partial charge in [-0.15, -0.1) is 0 Å². The van der Waals surface area contributed by atoms with Crippen LogP contribution in [-0.4, -0.2) is 4.98 Å². The second kappa shape index (κ2) is 4.02. The molecule has 0 N–H and O–H groups in total. The zero-order chi connectivity index (χ0) is 11.7. The molecule has 1 aromatic heterocycles. The van der Waals surface area contributed by atoms with Crippen molar-refractivity contribution >= 4 is 10.8 Å². The van der Waals surface area contributed by atoms with Gasteiger partial charge in [-0.05, 0) is 23.9 Å². The van der Waals surface area contributed by atoms with Crippen molar-refractivity contribution in [2.45, 2.75) is 6.92 Å². The molecule has 0 saturated heterocycles. The molecule has 0 atom stereocenters. The Morgan fingerprint density at radius 3 is 2.47 bits per heavy atom. The Morgan fingerprint density at radius 2 is 1.59 bits per heavy atom. The maximum Gasteiger partial charge on any atom is 0.0782 e. The zero-order valence-electron chi connectivity index (χ0n) is 9.72. The van der Waals surface area contributed by atoms with E-state index in [1.165, 1.54) is 21.9 Å². The second-order valence-corrected chi connectivity index (χ2v) is 4.20. The third-order valence-electron chi connectivity index (χ3n) is 3.07.